The van der Waals surface area contributed by atoms with E-state index in [-0.39, 0.29) is 0 Å². The Kier molecular flexibility index (Phi) is 5.10. The van der Waals surface area contributed by atoms with Gasteiger partial charge in [0.15, 0.2) is 5.82 Å². The number of rotatable bonds is 4. The standard InChI is InChI=1S/C25H18N4S/c1-3-7-19(8-4-1)24-25(20-9-5-2-6-10-20)30-23(29-24)15-22-27-16-21(17-28-22)18-11-13-26-14-12-18/h1-17,29H/b23-15+. The lowest BCUT2D eigenvalue weighted by atomic mass is 10.1. The van der Waals surface area contributed by atoms with Crippen molar-refractivity contribution in [3.8, 4) is 11.1 Å². The zero-order valence-corrected chi connectivity index (χ0v) is 16.9. The summed E-state index contributed by atoms with van der Waals surface area (Å²) in [6.07, 6.45) is 9.22. The molecule has 1 N–H and O–H groups in total. The molecule has 1 aliphatic heterocycles. The fourth-order valence-corrected chi connectivity index (χ4v) is 4.32. The number of nitrogens with one attached hydrogen (secondary N) is 1. The number of nitrogens with zero attached hydrogens (tertiary/aromatic N) is 3. The van der Waals surface area contributed by atoms with Gasteiger partial charge in [0, 0.05) is 41.3 Å². The lowest BCUT2D eigenvalue weighted by Crippen LogP contribution is -2.05. The van der Waals surface area contributed by atoms with E-state index in [1.54, 1.807) is 24.2 Å². The summed E-state index contributed by atoms with van der Waals surface area (Å²) >= 11 is 1.70. The van der Waals surface area contributed by atoms with Gasteiger partial charge in [-0.2, -0.15) is 0 Å². The molecule has 0 fully saturated rings. The number of pyridine rings is 1. The minimum absolute atomic E-state index is 0.671. The first kappa shape index (κ1) is 18.3. The van der Waals surface area contributed by atoms with E-state index in [4.69, 9.17) is 0 Å². The van der Waals surface area contributed by atoms with Gasteiger partial charge in [0.2, 0.25) is 0 Å². The Hall–Kier alpha value is -3.70. The largest absolute Gasteiger partial charge is 0.348 e. The Morgan fingerprint density at radius 2 is 1.30 bits per heavy atom. The zero-order chi connectivity index (χ0) is 20.2. The fraction of sp³-hybridized carbons (Fsp3) is 0. The second-order valence-corrected chi connectivity index (χ2v) is 7.79. The SMILES string of the molecule is C(=C1/NC(c2ccccc2)=C(c2ccccc2)S1)/c1ncc(-c2ccncc2)cn1. The third-order valence-corrected chi connectivity index (χ3v) is 5.82. The van der Waals surface area contributed by atoms with Crippen molar-refractivity contribution in [1.82, 2.24) is 20.3 Å². The number of hydrogen-bond acceptors (Lipinski definition) is 5. The maximum Gasteiger partial charge on any atom is 0.154 e. The summed E-state index contributed by atoms with van der Waals surface area (Å²) in [4.78, 5) is 14.3. The Bertz CT molecular complexity index is 1150. The lowest BCUT2D eigenvalue weighted by molar-refractivity contribution is 1.12. The van der Waals surface area contributed by atoms with E-state index in [0.717, 1.165) is 27.4 Å². The topological polar surface area (TPSA) is 50.7 Å². The van der Waals surface area contributed by atoms with Crippen molar-refractivity contribution in [3.05, 3.63) is 120 Å². The molecule has 0 amide bonds. The van der Waals surface area contributed by atoms with Crippen molar-refractivity contribution in [2.45, 2.75) is 0 Å². The van der Waals surface area contributed by atoms with Gasteiger partial charge in [-0.15, -0.1) is 0 Å². The second kappa shape index (κ2) is 8.35. The molecule has 0 aliphatic carbocycles. The average molecular weight is 407 g/mol. The number of hydrogen-bond donors (Lipinski definition) is 1. The lowest BCUT2D eigenvalue weighted by Gasteiger charge is -2.06. The normalized spacial score (nSPS) is 14.7. The molecule has 30 heavy (non-hydrogen) atoms. The van der Waals surface area contributed by atoms with E-state index >= 15 is 0 Å². The van der Waals surface area contributed by atoms with Gasteiger partial charge in [-0.1, -0.05) is 72.4 Å². The van der Waals surface area contributed by atoms with E-state index in [2.05, 4.69) is 68.8 Å². The Balaban J connectivity index is 1.45. The Labute approximate surface area is 179 Å². The molecule has 144 valence electrons. The summed E-state index contributed by atoms with van der Waals surface area (Å²) in [7, 11) is 0. The van der Waals surface area contributed by atoms with E-state index in [1.807, 2.05) is 42.7 Å². The van der Waals surface area contributed by atoms with E-state index in [1.165, 1.54) is 10.5 Å². The van der Waals surface area contributed by atoms with Gasteiger partial charge in [-0.3, -0.25) is 4.98 Å². The van der Waals surface area contributed by atoms with Crippen LogP contribution < -0.4 is 5.32 Å². The predicted molar refractivity (Wildman–Crippen MR) is 124 cm³/mol. The Morgan fingerprint density at radius 1 is 0.667 bits per heavy atom. The molecule has 0 bridgehead atoms. The number of benzene rings is 2. The molecule has 0 radical (unpaired) electrons. The molecule has 4 nitrogen and oxygen atoms in total. The summed E-state index contributed by atoms with van der Waals surface area (Å²) in [5.41, 5.74) is 5.47. The van der Waals surface area contributed by atoms with E-state index < -0.39 is 0 Å². The highest BCUT2D eigenvalue weighted by atomic mass is 32.2. The third-order valence-electron chi connectivity index (χ3n) is 4.73. The molecule has 3 heterocycles. The van der Waals surface area contributed by atoms with Crippen molar-refractivity contribution in [2.75, 3.05) is 0 Å². The maximum atomic E-state index is 4.53. The van der Waals surface area contributed by atoms with Crippen LogP contribution >= 0.6 is 11.8 Å². The van der Waals surface area contributed by atoms with Crippen LogP contribution in [0.3, 0.4) is 0 Å². The molecule has 2 aromatic heterocycles. The zero-order valence-electron chi connectivity index (χ0n) is 16.1. The molecule has 5 rings (SSSR count). The highest BCUT2D eigenvalue weighted by molar-refractivity contribution is 8.12. The van der Waals surface area contributed by atoms with Crippen LogP contribution in [0.1, 0.15) is 17.0 Å². The summed E-state index contributed by atoms with van der Waals surface area (Å²) in [5.74, 6) is 0.671. The molecule has 5 heteroatoms. The molecular formula is C25H18N4S. The van der Waals surface area contributed by atoms with Gasteiger partial charge in [0.25, 0.3) is 0 Å². The quantitative estimate of drug-likeness (QED) is 0.471. The molecule has 1 aliphatic rings. The molecule has 0 saturated heterocycles. The molecule has 0 unspecified atom stereocenters. The van der Waals surface area contributed by atoms with Crippen LogP contribution in [0.4, 0.5) is 0 Å². The highest BCUT2D eigenvalue weighted by Crippen LogP contribution is 2.44. The van der Waals surface area contributed by atoms with Crippen LogP contribution in [-0.4, -0.2) is 15.0 Å². The summed E-state index contributed by atoms with van der Waals surface area (Å²) < 4.78 is 0. The van der Waals surface area contributed by atoms with E-state index in [0.29, 0.717) is 5.82 Å². The second-order valence-electron chi connectivity index (χ2n) is 6.74. The summed E-state index contributed by atoms with van der Waals surface area (Å²) in [6.45, 7) is 0. The molecular weight excluding hydrogens is 388 g/mol. The van der Waals surface area contributed by atoms with Crippen LogP contribution in [0.15, 0.2) is 103 Å². The minimum atomic E-state index is 0.671. The van der Waals surface area contributed by atoms with Gasteiger partial charge in [0.1, 0.15) is 0 Å². The summed E-state index contributed by atoms with van der Waals surface area (Å²) in [5, 5.41) is 4.57. The van der Waals surface area contributed by atoms with Crippen molar-refractivity contribution >= 4 is 28.4 Å². The van der Waals surface area contributed by atoms with Crippen LogP contribution in [-0.2, 0) is 0 Å². The summed E-state index contributed by atoms with van der Waals surface area (Å²) in [6, 6.07) is 24.7. The fourth-order valence-electron chi connectivity index (χ4n) is 3.26. The molecule has 0 atom stereocenters. The first-order valence-corrected chi connectivity index (χ1v) is 10.4. The van der Waals surface area contributed by atoms with Gasteiger partial charge < -0.3 is 5.32 Å². The molecule has 0 spiro atoms. The Morgan fingerprint density at radius 3 is 1.97 bits per heavy atom. The van der Waals surface area contributed by atoms with Crippen molar-refractivity contribution in [2.24, 2.45) is 0 Å². The third kappa shape index (κ3) is 3.88. The number of thioether (sulfide) groups is 1. The number of aromatic nitrogens is 3. The smallest absolute Gasteiger partial charge is 0.154 e. The maximum absolute atomic E-state index is 4.53. The van der Waals surface area contributed by atoms with Gasteiger partial charge in [0.05, 0.1) is 10.7 Å². The first-order valence-electron chi connectivity index (χ1n) is 9.61. The molecule has 2 aromatic carbocycles. The average Bonchev–Trinajstić information content (AvgIpc) is 3.25. The van der Waals surface area contributed by atoms with Crippen LogP contribution in [0.5, 0.6) is 0 Å². The molecule has 0 saturated carbocycles. The minimum Gasteiger partial charge on any atom is -0.348 e. The monoisotopic (exact) mass is 406 g/mol. The van der Waals surface area contributed by atoms with Crippen molar-refractivity contribution < 1.29 is 0 Å². The van der Waals surface area contributed by atoms with Crippen molar-refractivity contribution in [3.63, 3.8) is 0 Å². The van der Waals surface area contributed by atoms with Crippen molar-refractivity contribution in [1.29, 1.82) is 0 Å². The highest BCUT2D eigenvalue weighted by Gasteiger charge is 2.22. The van der Waals surface area contributed by atoms with Crippen LogP contribution in [0.25, 0.3) is 27.8 Å². The van der Waals surface area contributed by atoms with Gasteiger partial charge in [-0.25, -0.2) is 9.97 Å². The van der Waals surface area contributed by atoms with Crippen LogP contribution in [0, 0.1) is 0 Å². The first-order chi connectivity index (χ1) is 14.9. The van der Waals surface area contributed by atoms with Crippen LogP contribution in [0.2, 0.25) is 0 Å². The van der Waals surface area contributed by atoms with Gasteiger partial charge >= 0.3 is 0 Å². The van der Waals surface area contributed by atoms with E-state index in [9.17, 15) is 0 Å². The predicted octanol–water partition coefficient (Wildman–Crippen LogP) is 5.70. The molecule has 4 aromatic rings. The van der Waals surface area contributed by atoms with Gasteiger partial charge in [-0.05, 0) is 28.8 Å².